The van der Waals surface area contributed by atoms with Crippen LogP contribution in [0.4, 0.5) is 0 Å². The van der Waals surface area contributed by atoms with Crippen LogP contribution in [0.1, 0.15) is 46.7 Å². The third-order valence-electron chi connectivity index (χ3n) is 3.13. The van der Waals surface area contributed by atoms with Crippen LogP contribution in [0.2, 0.25) is 0 Å². The summed E-state index contributed by atoms with van der Waals surface area (Å²) in [6.07, 6.45) is 3.01. The number of rotatable bonds is 5. The Morgan fingerprint density at radius 3 is 2.69 bits per heavy atom. The second-order valence-electron chi connectivity index (χ2n) is 5.51. The maximum atomic E-state index is 4.32. The van der Waals surface area contributed by atoms with Crippen molar-refractivity contribution in [2.75, 3.05) is 0 Å². The molecule has 1 N–H and O–H groups in total. The molecule has 3 heteroatoms. The van der Waals surface area contributed by atoms with Gasteiger partial charge in [-0.3, -0.25) is 4.68 Å². The highest BCUT2D eigenvalue weighted by atomic mass is 15.3. The summed E-state index contributed by atoms with van der Waals surface area (Å²) in [6, 6.07) is 2.59. The molecule has 1 aromatic heterocycles. The van der Waals surface area contributed by atoms with Crippen LogP contribution in [0.5, 0.6) is 0 Å². The molecular weight excluding hydrogens is 198 g/mol. The second-order valence-corrected chi connectivity index (χ2v) is 5.51. The third-order valence-corrected chi connectivity index (χ3v) is 3.13. The Kier molecular flexibility index (Phi) is 4.54. The topological polar surface area (TPSA) is 29.9 Å². The van der Waals surface area contributed by atoms with E-state index in [1.807, 2.05) is 6.20 Å². The minimum atomic E-state index is 0.301. The van der Waals surface area contributed by atoms with Gasteiger partial charge in [-0.25, -0.2) is 0 Å². The van der Waals surface area contributed by atoms with Gasteiger partial charge in [-0.2, -0.15) is 5.10 Å². The lowest BCUT2D eigenvalue weighted by Gasteiger charge is -2.28. The van der Waals surface area contributed by atoms with Crippen molar-refractivity contribution < 1.29 is 0 Å². The number of aryl methyl sites for hydroxylation is 1. The van der Waals surface area contributed by atoms with Crippen LogP contribution in [0.25, 0.3) is 0 Å². The van der Waals surface area contributed by atoms with Crippen molar-refractivity contribution in [2.24, 2.45) is 5.41 Å². The molecule has 0 bridgehead atoms. The Morgan fingerprint density at radius 2 is 2.12 bits per heavy atom. The van der Waals surface area contributed by atoms with Gasteiger partial charge in [0.2, 0.25) is 0 Å². The Balaban J connectivity index is 2.51. The van der Waals surface area contributed by atoms with Gasteiger partial charge in [-0.05, 0) is 24.8 Å². The predicted octanol–water partition coefficient (Wildman–Crippen LogP) is 2.82. The highest BCUT2D eigenvalue weighted by molar-refractivity contribution is 5.00. The quantitative estimate of drug-likeness (QED) is 0.832. The van der Waals surface area contributed by atoms with Crippen LogP contribution in [0.15, 0.2) is 12.3 Å². The molecule has 0 aliphatic heterocycles. The monoisotopic (exact) mass is 223 g/mol. The van der Waals surface area contributed by atoms with E-state index in [2.05, 4.69) is 55.8 Å². The molecular formula is C13H25N3. The van der Waals surface area contributed by atoms with Crippen molar-refractivity contribution >= 4 is 0 Å². The van der Waals surface area contributed by atoms with Crippen LogP contribution >= 0.6 is 0 Å². The first-order chi connectivity index (χ1) is 7.45. The van der Waals surface area contributed by atoms with Crippen LogP contribution in [-0.2, 0) is 13.1 Å². The summed E-state index contributed by atoms with van der Waals surface area (Å²) in [5.74, 6) is 0. The van der Waals surface area contributed by atoms with E-state index in [4.69, 9.17) is 0 Å². The van der Waals surface area contributed by atoms with E-state index in [1.54, 1.807) is 0 Å². The highest BCUT2D eigenvalue weighted by Gasteiger charge is 2.19. The molecule has 0 saturated carbocycles. The molecule has 3 nitrogen and oxygen atoms in total. The van der Waals surface area contributed by atoms with Gasteiger partial charge in [0.05, 0.1) is 5.69 Å². The van der Waals surface area contributed by atoms with Crippen LogP contribution < -0.4 is 5.32 Å². The molecule has 1 atom stereocenters. The van der Waals surface area contributed by atoms with E-state index in [0.717, 1.165) is 19.5 Å². The first-order valence-electron chi connectivity index (χ1n) is 6.19. The zero-order valence-electron chi connectivity index (χ0n) is 11.2. The zero-order chi connectivity index (χ0) is 12.2. The summed E-state index contributed by atoms with van der Waals surface area (Å²) in [6.45, 7) is 13.1. The minimum Gasteiger partial charge on any atom is -0.308 e. The summed E-state index contributed by atoms with van der Waals surface area (Å²) >= 11 is 0. The molecule has 0 aliphatic rings. The first kappa shape index (κ1) is 13.2. The maximum absolute atomic E-state index is 4.32. The Hall–Kier alpha value is -0.830. The van der Waals surface area contributed by atoms with Crippen molar-refractivity contribution in [3.63, 3.8) is 0 Å². The lowest BCUT2D eigenvalue weighted by molar-refractivity contribution is 0.282. The largest absolute Gasteiger partial charge is 0.308 e. The molecule has 92 valence electrons. The lowest BCUT2D eigenvalue weighted by Crippen LogP contribution is -2.37. The van der Waals surface area contributed by atoms with E-state index in [1.165, 1.54) is 5.69 Å². The van der Waals surface area contributed by atoms with Gasteiger partial charge in [0.1, 0.15) is 0 Å². The smallest absolute Gasteiger partial charge is 0.0522 e. The van der Waals surface area contributed by atoms with E-state index >= 15 is 0 Å². The normalized spacial score (nSPS) is 14.1. The molecule has 1 unspecified atom stereocenters. The molecule has 0 aliphatic carbocycles. The molecule has 0 fully saturated rings. The molecule has 0 aromatic carbocycles. The Morgan fingerprint density at radius 1 is 1.44 bits per heavy atom. The van der Waals surface area contributed by atoms with E-state index in [-0.39, 0.29) is 0 Å². The SMILES string of the molecule is CCCn1nccc1CNC(C)C(C)(C)C. The summed E-state index contributed by atoms with van der Waals surface area (Å²) in [4.78, 5) is 0. The fourth-order valence-electron chi connectivity index (χ4n) is 1.49. The number of aromatic nitrogens is 2. The Bertz CT molecular complexity index is 309. The number of nitrogens with one attached hydrogen (secondary N) is 1. The summed E-state index contributed by atoms with van der Waals surface area (Å²) < 4.78 is 2.09. The molecule has 1 heterocycles. The van der Waals surface area contributed by atoms with Crippen LogP contribution in [-0.4, -0.2) is 15.8 Å². The van der Waals surface area contributed by atoms with Gasteiger partial charge in [0.25, 0.3) is 0 Å². The summed E-state index contributed by atoms with van der Waals surface area (Å²) in [7, 11) is 0. The van der Waals surface area contributed by atoms with Crippen molar-refractivity contribution in [1.82, 2.24) is 15.1 Å². The average molecular weight is 223 g/mol. The van der Waals surface area contributed by atoms with Crippen LogP contribution in [0.3, 0.4) is 0 Å². The average Bonchev–Trinajstić information content (AvgIpc) is 2.61. The van der Waals surface area contributed by atoms with Crippen molar-refractivity contribution in [2.45, 2.75) is 60.2 Å². The Labute approximate surface area is 99.2 Å². The van der Waals surface area contributed by atoms with E-state index in [0.29, 0.717) is 11.5 Å². The molecule has 0 saturated heterocycles. The fraction of sp³-hybridized carbons (Fsp3) is 0.769. The van der Waals surface area contributed by atoms with E-state index in [9.17, 15) is 0 Å². The second kappa shape index (κ2) is 5.48. The van der Waals surface area contributed by atoms with Crippen molar-refractivity contribution in [3.8, 4) is 0 Å². The fourth-order valence-corrected chi connectivity index (χ4v) is 1.49. The molecule has 0 spiro atoms. The molecule has 16 heavy (non-hydrogen) atoms. The minimum absolute atomic E-state index is 0.301. The maximum Gasteiger partial charge on any atom is 0.0522 e. The number of nitrogens with zero attached hydrogens (tertiary/aromatic N) is 2. The van der Waals surface area contributed by atoms with Gasteiger partial charge in [-0.15, -0.1) is 0 Å². The third kappa shape index (κ3) is 3.63. The molecule has 1 rings (SSSR count). The van der Waals surface area contributed by atoms with Gasteiger partial charge in [-0.1, -0.05) is 27.7 Å². The molecule has 1 aromatic rings. The lowest BCUT2D eigenvalue weighted by atomic mass is 9.88. The predicted molar refractivity (Wildman–Crippen MR) is 68.3 cm³/mol. The number of hydrogen-bond donors (Lipinski definition) is 1. The van der Waals surface area contributed by atoms with Crippen LogP contribution in [0, 0.1) is 5.41 Å². The summed E-state index contributed by atoms with van der Waals surface area (Å²) in [5, 5.41) is 7.89. The summed E-state index contributed by atoms with van der Waals surface area (Å²) in [5.41, 5.74) is 1.58. The van der Waals surface area contributed by atoms with E-state index < -0.39 is 0 Å². The highest BCUT2D eigenvalue weighted by Crippen LogP contribution is 2.18. The van der Waals surface area contributed by atoms with Crippen molar-refractivity contribution in [3.05, 3.63) is 18.0 Å². The number of hydrogen-bond acceptors (Lipinski definition) is 2. The van der Waals surface area contributed by atoms with Gasteiger partial charge in [0, 0.05) is 25.3 Å². The van der Waals surface area contributed by atoms with Gasteiger partial charge < -0.3 is 5.32 Å². The first-order valence-corrected chi connectivity index (χ1v) is 6.19. The molecule has 0 amide bonds. The van der Waals surface area contributed by atoms with Crippen molar-refractivity contribution in [1.29, 1.82) is 0 Å². The standard InChI is InChI=1S/C13H25N3/c1-6-9-16-12(7-8-15-16)10-14-11(2)13(3,4)5/h7-8,11,14H,6,9-10H2,1-5H3. The van der Waals surface area contributed by atoms with Gasteiger partial charge in [0.15, 0.2) is 0 Å². The zero-order valence-corrected chi connectivity index (χ0v) is 11.2. The molecule has 0 radical (unpaired) electrons. The van der Waals surface area contributed by atoms with Gasteiger partial charge >= 0.3 is 0 Å².